The summed E-state index contributed by atoms with van der Waals surface area (Å²) in [6, 6.07) is 4.99. The van der Waals surface area contributed by atoms with Crippen LogP contribution in [0, 0.1) is 5.82 Å². The summed E-state index contributed by atoms with van der Waals surface area (Å²) in [6.45, 7) is 2.68. The summed E-state index contributed by atoms with van der Waals surface area (Å²) >= 11 is 9.30. The van der Waals surface area contributed by atoms with E-state index in [1.807, 2.05) is 6.07 Å². The summed E-state index contributed by atoms with van der Waals surface area (Å²) in [5.41, 5.74) is 0.993. The Bertz CT molecular complexity index is 338. The van der Waals surface area contributed by atoms with E-state index in [4.69, 9.17) is 11.6 Å². The van der Waals surface area contributed by atoms with Gasteiger partial charge in [-0.3, -0.25) is 4.90 Å². The number of hydrogen-bond acceptors (Lipinski definition) is 1. The first-order chi connectivity index (χ1) is 7.13. The van der Waals surface area contributed by atoms with E-state index < -0.39 is 0 Å². The number of alkyl halides is 1. The zero-order valence-corrected chi connectivity index (χ0v) is 10.6. The standard InChI is InChI=1S/C11H12BrClFN/c12-9-3-8(4-11(14)5-9)6-15-2-1-10(13)7-15/h3-5,10H,1-2,6-7H2. The van der Waals surface area contributed by atoms with Crippen LogP contribution >= 0.6 is 27.5 Å². The average molecular weight is 293 g/mol. The molecule has 2 rings (SSSR count). The summed E-state index contributed by atoms with van der Waals surface area (Å²) in [5.74, 6) is -0.194. The number of benzene rings is 1. The summed E-state index contributed by atoms with van der Waals surface area (Å²) in [5, 5.41) is 0.252. The third kappa shape index (κ3) is 3.16. The van der Waals surface area contributed by atoms with Crippen LogP contribution in [-0.4, -0.2) is 23.4 Å². The molecule has 1 unspecified atom stereocenters. The van der Waals surface area contributed by atoms with Crippen molar-refractivity contribution in [1.82, 2.24) is 4.90 Å². The van der Waals surface area contributed by atoms with Gasteiger partial charge in [0.25, 0.3) is 0 Å². The third-order valence-electron chi connectivity index (χ3n) is 2.54. The number of halogens is 3. The second-order valence-corrected chi connectivity index (χ2v) is 5.43. The number of nitrogens with zero attached hydrogens (tertiary/aromatic N) is 1. The summed E-state index contributed by atoms with van der Waals surface area (Å²) in [6.07, 6.45) is 1.03. The first kappa shape index (κ1) is 11.4. The first-order valence-electron chi connectivity index (χ1n) is 4.95. The maximum atomic E-state index is 13.1. The Morgan fingerprint density at radius 3 is 2.87 bits per heavy atom. The Morgan fingerprint density at radius 2 is 2.27 bits per heavy atom. The van der Waals surface area contributed by atoms with Crippen molar-refractivity contribution in [3.8, 4) is 0 Å². The molecule has 1 atom stereocenters. The highest BCUT2D eigenvalue weighted by Crippen LogP contribution is 2.20. The average Bonchev–Trinajstić information content (AvgIpc) is 2.49. The van der Waals surface area contributed by atoms with Crippen molar-refractivity contribution < 1.29 is 4.39 Å². The number of rotatable bonds is 2. The van der Waals surface area contributed by atoms with Crippen LogP contribution in [0.1, 0.15) is 12.0 Å². The van der Waals surface area contributed by atoms with Crippen LogP contribution in [0.4, 0.5) is 4.39 Å². The molecule has 0 spiro atoms. The van der Waals surface area contributed by atoms with Gasteiger partial charge in [0.05, 0.1) is 0 Å². The molecular weight excluding hydrogens is 280 g/mol. The molecule has 15 heavy (non-hydrogen) atoms. The van der Waals surface area contributed by atoms with E-state index in [9.17, 15) is 4.39 Å². The quantitative estimate of drug-likeness (QED) is 0.755. The van der Waals surface area contributed by atoms with Gasteiger partial charge >= 0.3 is 0 Å². The minimum atomic E-state index is -0.194. The van der Waals surface area contributed by atoms with Crippen LogP contribution < -0.4 is 0 Å². The van der Waals surface area contributed by atoms with Crippen molar-refractivity contribution in [3.05, 3.63) is 34.1 Å². The Balaban J connectivity index is 2.04. The molecule has 0 bridgehead atoms. The highest BCUT2D eigenvalue weighted by Gasteiger charge is 2.20. The normalized spacial score (nSPS) is 22.2. The Kier molecular flexibility index (Phi) is 3.65. The van der Waals surface area contributed by atoms with Crippen molar-refractivity contribution in [2.45, 2.75) is 18.3 Å². The number of hydrogen-bond donors (Lipinski definition) is 0. The lowest BCUT2D eigenvalue weighted by atomic mass is 10.2. The van der Waals surface area contributed by atoms with E-state index >= 15 is 0 Å². The lowest BCUT2D eigenvalue weighted by molar-refractivity contribution is 0.331. The van der Waals surface area contributed by atoms with Crippen molar-refractivity contribution in [2.24, 2.45) is 0 Å². The Morgan fingerprint density at radius 1 is 1.47 bits per heavy atom. The lowest BCUT2D eigenvalue weighted by Crippen LogP contribution is -2.20. The fraction of sp³-hybridized carbons (Fsp3) is 0.455. The molecule has 82 valence electrons. The second kappa shape index (κ2) is 4.81. The van der Waals surface area contributed by atoms with Gasteiger partial charge in [-0.2, -0.15) is 0 Å². The molecule has 0 amide bonds. The zero-order valence-electron chi connectivity index (χ0n) is 8.22. The third-order valence-corrected chi connectivity index (χ3v) is 3.36. The summed E-state index contributed by atoms with van der Waals surface area (Å²) in [4.78, 5) is 2.25. The first-order valence-corrected chi connectivity index (χ1v) is 6.18. The van der Waals surface area contributed by atoms with E-state index in [0.717, 1.165) is 36.1 Å². The molecule has 1 saturated heterocycles. The van der Waals surface area contributed by atoms with Gasteiger partial charge in [0.15, 0.2) is 0 Å². The minimum absolute atomic E-state index is 0.194. The van der Waals surface area contributed by atoms with Gasteiger partial charge in [-0.15, -0.1) is 11.6 Å². The molecule has 4 heteroatoms. The fourth-order valence-corrected chi connectivity index (χ4v) is 2.69. The van der Waals surface area contributed by atoms with Crippen LogP contribution in [-0.2, 0) is 6.54 Å². The van der Waals surface area contributed by atoms with Crippen LogP contribution in [0.2, 0.25) is 0 Å². The van der Waals surface area contributed by atoms with Crippen LogP contribution in [0.15, 0.2) is 22.7 Å². The van der Waals surface area contributed by atoms with Crippen molar-refractivity contribution in [3.63, 3.8) is 0 Å². The molecule has 0 N–H and O–H groups in total. The Hall–Kier alpha value is -0.120. The zero-order chi connectivity index (χ0) is 10.8. The molecule has 0 aromatic heterocycles. The largest absolute Gasteiger partial charge is 0.298 e. The van der Waals surface area contributed by atoms with Gasteiger partial charge in [0, 0.05) is 22.9 Å². The molecule has 1 aromatic carbocycles. The molecule has 1 nitrogen and oxygen atoms in total. The minimum Gasteiger partial charge on any atom is -0.298 e. The molecule has 0 aliphatic carbocycles. The molecule has 1 aliphatic rings. The van der Waals surface area contributed by atoms with Gasteiger partial charge in [0.2, 0.25) is 0 Å². The van der Waals surface area contributed by atoms with Gasteiger partial charge in [-0.1, -0.05) is 15.9 Å². The van der Waals surface area contributed by atoms with E-state index in [1.54, 1.807) is 6.07 Å². The fourth-order valence-electron chi connectivity index (χ4n) is 1.89. The van der Waals surface area contributed by atoms with Crippen molar-refractivity contribution in [2.75, 3.05) is 13.1 Å². The van der Waals surface area contributed by atoms with Crippen molar-refractivity contribution >= 4 is 27.5 Å². The maximum absolute atomic E-state index is 13.1. The van der Waals surface area contributed by atoms with Gasteiger partial charge < -0.3 is 0 Å². The Labute approximate surface area is 102 Å². The van der Waals surface area contributed by atoms with E-state index in [0.29, 0.717) is 0 Å². The maximum Gasteiger partial charge on any atom is 0.124 e. The molecule has 1 heterocycles. The van der Waals surface area contributed by atoms with Crippen LogP contribution in [0.5, 0.6) is 0 Å². The highest BCUT2D eigenvalue weighted by molar-refractivity contribution is 9.10. The van der Waals surface area contributed by atoms with Gasteiger partial charge in [-0.05, 0) is 36.7 Å². The van der Waals surface area contributed by atoms with Gasteiger partial charge in [0.1, 0.15) is 5.82 Å². The highest BCUT2D eigenvalue weighted by atomic mass is 79.9. The van der Waals surface area contributed by atoms with Crippen LogP contribution in [0.25, 0.3) is 0 Å². The van der Waals surface area contributed by atoms with E-state index in [1.165, 1.54) is 6.07 Å². The summed E-state index contributed by atoms with van der Waals surface area (Å²) < 4.78 is 13.9. The molecular formula is C11H12BrClFN. The monoisotopic (exact) mass is 291 g/mol. The molecule has 0 saturated carbocycles. The smallest absolute Gasteiger partial charge is 0.124 e. The van der Waals surface area contributed by atoms with E-state index in [-0.39, 0.29) is 11.2 Å². The SMILES string of the molecule is Fc1cc(Br)cc(CN2CCC(Cl)C2)c1. The predicted octanol–water partition coefficient (Wildman–Crippen LogP) is 3.40. The second-order valence-electron chi connectivity index (χ2n) is 3.90. The molecule has 0 radical (unpaired) electrons. The molecule has 1 aromatic rings. The van der Waals surface area contributed by atoms with Crippen molar-refractivity contribution in [1.29, 1.82) is 0 Å². The van der Waals surface area contributed by atoms with Crippen LogP contribution in [0.3, 0.4) is 0 Å². The predicted molar refractivity (Wildman–Crippen MR) is 63.6 cm³/mol. The van der Waals surface area contributed by atoms with E-state index in [2.05, 4.69) is 20.8 Å². The number of likely N-dealkylation sites (tertiary alicyclic amines) is 1. The topological polar surface area (TPSA) is 3.24 Å². The molecule has 1 fully saturated rings. The van der Waals surface area contributed by atoms with Gasteiger partial charge in [-0.25, -0.2) is 4.39 Å². The molecule has 1 aliphatic heterocycles. The lowest BCUT2D eigenvalue weighted by Gasteiger charge is -2.14. The summed E-state index contributed by atoms with van der Waals surface area (Å²) in [7, 11) is 0.